The van der Waals surface area contributed by atoms with Gasteiger partial charge in [-0.3, -0.25) is 5.32 Å². The molecule has 1 fully saturated rings. The highest BCUT2D eigenvalue weighted by molar-refractivity contribution is 7.19. The van der Waals surface area contributed by atoms with E-state index in [-0.39, 0.29) is 6.03 Å². The predicted molar refractivity (Wildman–Crippen MR) is 70.7 cm³/mol. The first-order valence-electron chi connectivity index (χ1n) is 5.82. The molecule has 4 nitrogen and oxygen atoms in total. The van der Waals surface area contributed by atoms with Crippen molar-refractivity contribution in [1.82, 2.24) is 10.3 Å². The minimum atomic E-state index is -0.185. The number of nitrogens with zero attached hydrogens (tertiary/aromatic N) is 1. The summed E-state index contributed by atoms with van der Waals surface area (Å²) in [5.41, 5.74) is 0. The number of nitrogens with one attached hydrogen (secondary N) is 2. The van der Waals surface area contributed by atoms with Gasteiger partial charge in [-0.2, -0.15) is 0 Å². The van der Waals surface area contributed by atoms with Gasteiger partial charge in [0.2, 0.25) is 0 Å². The van der Waals surface area contributed by atoms with Crippen molar-refractivity contribution >= 4 is 34.1 Å². The highest BCUT2D eigenvalue weighted by atomic mass is 35.5. The molecule has 0 bridgehead atoms. The number of rotatable bonds is 2. The molecule has 1 aromatic rings. The van der Waals surface area contributed by atoms with Crippen molar-refractivity contribution in [1.29, 1.82) is 0 Å². The van der Waals surface area contributed by atoms with Gasteiger partial charge >= 0.3 is 6.03 Å². The van der Waals surface area contributed by atoms with Gasteiger partial charge in [-0.15, -0.1) is 0 Å². The molecule has 1 aliphatic carbocycles. The Morgan fingerprint density at radius 2 is 2.18 bits per heavy atom. The zero-order valence-electron chi connectivity index (χ0n) is 9.70. The molecule has 1 heterocycles. The Labute approximate surface area is 110 Å². The van der Waals surface area contributed by atoms with Gasteiger partial charge in [0.15, 0.2) is 5.13 Å². The third-order valence-corrected chi connectivity index (χ3v) is 4.08. The zero-order valence-corrected chi connectivity index (χ0v) is 11.3. The van der Waals surface area contributed by atoms with Crippen molar-refractivity contribution < 1.29 is 4.79 Å². The van der Waals surface area contributed by atoms with E-state index in [1.807, 2.05) is 0 Å². The lowest BCUT2D eigenvalue weighted by atomic mass is 9.87. The molecule has 2 rings (SSSR count). The molecule has 0 aromatic carbocycles. The lowest BCUT2D eigenvalue weighted by Gasteiger charge is -2.26. The molecule has 0 atom stereocenters. The molecule has 2 N–H and O–H groups in total. The number of carbonyl (C=O) groups is 1. The molecular weight excluding hydrogens is 258 g/mol. The van der Waals surface area contributed by atoms with Crippen LogP contribution in [0.15, 0.2) is 6.20 Å². The number of hydrogen-bond acceptors (Lipinski definition) is 3. The van der Waals surface area contributed by atoms with Crippen LogP contribution < -0.4 is 10.6 Å². The minimum absolute atomic E-state index is 0.185. The highest BCUT2D eigenvalue weighted by Crippen LogP contribution is 2.24. The van der Waals surface area contributed by atoms with E-state index in [9.17, 15) is 4.79 Å². The highest BCUT2D eigenvalue weighted by Gasteiger charge is 2.19. The molecule has 1 aromatic heterocycles. The third kappa shape index (κ3) is 3.85. The fourth-order valence-corrected chi connectivity index (χ4v) is 2.84. The van der Waals surface area contributed by atoms with E-state index in [0.29, 0.717) is 15.5 Å². The zero-order chi connectivity index (χ0) is 12.3. The number of anilines is 1. The van der Waals surface area contributed by atoms with Gasteiger partial charge in [0.05, 0.1) is 6.20 Å². The summed E-state index contributed by atoms with van der Waals surface area (Å²) < 4.78 is 0.576. The standard InChI is InChI=1S/C11H16ClN3OS/c1-7-2-4-8(5-3-7)14-10(16)15-11-13-6-9(12)17-11/h6-8H,2-5H2,1H3,(H2,13,14,15,16). The second-order valence-electron chi connectivity index (χ2n) is 4.52. The minimum Gasteiger partial charge on any atom is -0.335 e. The smallest absolute Gasteiger partial charge is 0.321 e. The second kappa shape index (κ2) is 5.69. The molecule has 94 valence electrons. The van der Waals surface area contributed by atoms with Crippen LogP contribution in [0.3, 0.4) is 0 Å². The van der Waals surface area contributed by atoms with E-state index in [0.717, 1.165) is 18.8 Å². The molecular formula is C11H16ClN3OS. The van der Waals surface area contributed by atoms with Crippen LogP contribution in [0.25, 0.3) is 0 Å². The molecule has 2 amide bonds. The summed E-state index contributed by atoms with van der Waals surface area (Å²) in [5.74, 6) is 0.786. The normalized spacial score (nSPS) is 24.4. The van der Waals surface area contributed by atoms with E-state index in [4.69, 9.17) is 11.6 Å². The number of hydrogen-bond donors (Lipinski definition) is 2. The Balaban J connectivity index is 1.77. The topological polar surface area (TPSA) is 54.0 Å². The Kier molecular flexibility index (Phi) is 4.23. The van der Waals surface area contributed by atoms with E-state index in [2.05, 4.69) is 22.5 Å². The van der Waals surface area contributed by atoms with Crippen molar-refractivity contribution in [2.75, 3.05) is 5.32 Å². The van der Waals surface area contributed by atoms with Crippen LogP contribution in [-0.4, -0.2) is 17.1 Å². The maximum Gasteiger partial charge on any atom is 0.321 e. The lowest BCUT2D eigenvalue weighted by molar-refractivity contribution is 0.239. The van der Waals surface area contributed by atoms with Crippen molar-refractivity contribution in [3.63, 3.8) is 0 Å². The van der Waals surface area contributed by atoms with E-state index in [1.54, 1.807) is 0 Å². The average Bonchev–Trinajstić information content (AvgIpc) is 2.67. The molecule has 6 heteroatoms. The summed E-state index contributed by atoms with van der Waals surface area (Å²) >= 11 is 7.00. The van der Waals surface area contributed by atoms with Crippen LogP contribution in [-0.2, 0) is 0 Å². The summed E-state index contributed by atoms with van der Waals surface area (Å²) in [6.07, 6.45) is 6.03. The van der Waals surface area contributed by atoms with E-state index >= 15 is 0 Å². The maximum atomic E-state index is 11.7. The number of aromatic nitrogens is 1. The predicted octanol–water partition coefficient (Wildman–Crippen LogP) is 3.50. The van der Waals surface area contributed by atoms with Gasteiger partial charge in [0, 0.05) is 6.04 Å². The molecule has 1 saturated carbocycles. The summed E-state index contributed by atoms with van der Waals surface area (Å²) in [5, 5.41) is 6.20. The van der Waals surface area contributed by atoms with Gasteiger partial charge in [-0.05, 0) is 31.6 Å². The fourth-order valence-electron chi connectivity index (χ4n) is 2.04. The fraction of sp³-hybridized carbons (Fsp3) is 0.636. The van der Waals surface area contributed by atoms with Crippen LogP contribution in [0.5, 0.6) is 0 Å². The number of halogens is 1. The average molecular weight is 274 g/mol. The van der Waals surface area contributed by atoms with Crippen molar-refractivity contribution in [2.24, 2.45) is 5.92 Å². The Morgan fingerprint density at radius 1 is 1.47 bits per heavy atom. The lowest BCUT2D eigenvalue weighted by Crippen LogP contribution is -2.39. The number of urea groups is 1. The Hall–Kier alpha value is -0.810. The van der Waals surface area contributed by atoms with E-state index in [1.165, 1.54) is 30.4 Å². The van der Waals surface area contributed by atoms with Crippen LogP contribution >= 0.6 is 22.9 Å². The van der Waals surface area contributed by atoms with Gasteiger partial charge in [-0.25, -0.2) is 9.78 Å². The monoisotopic (exact) mass is 273 g/mol. The van der Waals surface area contributed by atoms with Gasteiger partial charge in [0.1, 0.15) is 4.34 Å². The van der Waals surface area contributed by atoms with Crippen LogP contribution in [0.1, 0.15) is 32.6 Å². The molecule has 0 saturated heterocycles. The SMILES string of the molecule is CC1CCC(NC(=O)Nc2ncc(Cl)s2)CC1. The molecule has 0 spiro atoms. The summed E-state index contributed by atoms with van der Waals surface area (Å²) in [6.45, 7) is 2.26. The van der Waals surface area contributed by atoms with Crippen molar-refractivity contribution in [2.45, 2.75) is 38.6 Å². The first-order chi connectivity index (χ1) is 8.13. The van der Waals surface area contributed by atoms with Gasteiger partial charge in [0.25, 0.3) is 0 Å². The molecule has 0 aliphatic heterocycles. The number of carbonyl (C=O) groups excluding carboxylic acids is 1. The molecule has 0 unspecified atom stereocenters. The largest absolute Gasteiger partial charge is 0.335 e. The maximum absolute atomic E-state index is 11.7. The van der Waals surface area contributed by atoms with Crippen LogP contribution in [0, 0.1) is 5.92 Å². The Morgan fingerprint density at radius 3 is 2.76 bits per heavy atom. The third-order valence-electron chi connectivity index (χ3n) is 3.05. The van der Waals surface area contributed by atoms with Crippen LogP contribution in [0.2, 0.25) is 4.34 Å². The van der Waals surface area contributed by atoms with Crippen molar-refractivity contribution in [3.8, 4) is 0 Å². The summed E-state index contributed by atoms with van der Waals surface area (Å²) in [4.78, 5) is 15.6. The first-order valence-corrected chi connectivity index (χ1v) is 7.02. The van der Waals surface area contributed by atoms with Crippen molar-refractivity contribution in [3.05, 3.63) is 10.5 Å². The van der Waals surface area contributed by atoms with E-state index < -0.39 is 0 Å². The number of thiazole rings is 1. The summed E-state index contributed by atoms with van der Waals surface area (Å²) in [6, 6.07) is 0.109. The Bertz CT molecular complexity index is 388. The molecule has 17 heavy (non-hydrogen) atoms. The molecule has 0 radical (unpaired) electrons. The van der Waals surface area contributed by atoms with Gasteiger partial charge in [-0.1, -0.05) is 29.9 Å². The quantitative estimate of drug-likeness (QED) is 0.867. The first kappa shape index (κ1) is 12.6. The van der Waals surface area contributed by atoms with Gasteiger partial charge < -0.3 is 5.32 Å². The van der Waals surface area contributed by atoms with Crippen LogP contribution in [0.4, 0.5) is 9.93 Å². The summed E-state index contributed by atoms with van der Waals surface area (Å²) in [7, 11) is 0. The second-order valence-corrected chi connectivity index (χ2v) is 6.19. The molecule has 1 aliphatic rings. The number of amides is 2.